The number of amides is 1. The van der Waals surface area contributed by atoms with Crippen molar-refractivity contribution in [1.82, 2.24) is 0 Å². The molecule has 0 bridgehead atoms. The predicted molar refractivity (Wildman–Crippen MR) is 85.2 cm³/mol. The molecule has 1 N–H and O–H groups in total. The van der Waals surface area contributed by atoms with Crippen molar-refractivity contribution < 1.29 is 9.18 Å². The van der Waals surface area contributed by atoms with Crippen LogP contribution in [0.15, 0.2) is 42.5 Å². The van der Waals surface area contributed by atoms with Gasteiger partial charge in [0.05, 0.1) is 5.41 Å². The summed E-state index contributed by atoms with van der Waals surface area (Å²) >= 11 is 6.10. The molecule has 1 aliphatic carbocycles. The van der Waals surface area contributed by atoms with Gasteiger partial charge in [-0.25, -0.2) is 0 Å². The monoisotopic (exact) mass is 315 g/mol. The maximum absolute atomic E-state index is 14.1. The molecule has 1 amide bonds. The van der Waals surface area contributed by atoms with Gasteiger partial charge in [-0.2, -0.15) is 0 Å². The van der Waals surface area contributed by atoms with Gasteiger partial charge in [0.2, 0.25) is 5.91 Å². The summed E-state index contributed by atoms with van der Waals surface area (Å²) in [6, 6.07) is 13.1. The van der Waals surface area contributed by atoms with Crippen LogP contribution in [0, 0.1) is 6.92 Å². The smallest absolute Gasteiger partial charge is 0.236 e. The molecular formula is C18H15ClFNO. The largest absolute Gasteiger partial charge is 0.325 e. The Kier molecular flexibility index (Phi) is 2.71. The third-order valence-corrected chi connectivity index (χ3v) is 5.37. The van der Waals surface area contributed by atoms with Crippen LogP contribution < -0.4 is 5.32 Å². The van der Waals surface area contributed by atoms with Gasteiger partial charge in [-0.15, -0.1) is 0 Å². The Labute approximate surface area is 133 Å². The molecule has 4 rings (SSSR count). The third kappa shape index (κ3) is 1.52. The van der Waals surface area contributed by atoms with Gasteiger partial charge in [0.25, 0.3) is 0 Å². The zero-order chi connectivity index (χ0) is 15.5. The number of rotatable bonds is 2. The molecule has 1 fully saturated rings. The lowest BCUT2D eigenvalue weighted by Gasteiger charge is -2.19. The van der Waals surface area contributed by atoms with Crippen molar-refractivity contribution >= 4 is 23.2 Å². The SMILES string of the molecule is Cc1cccc([C@@]2(CF)C[C@]23C(=O)Nc2ccc(Cl)cc23)c1. The summed E-state index contributed by atoms with van der Waals surface area (Å²) in [4.78, 5) is 12.6. The minimum atomic E-state index is -0.824. The summed E-state index contributed by atoms with van der Waals surface area (Å²) in [6.45, 7) is 1.42. The first-order chi connectivity index (χ1) is 10.5. The second kappa shape index (κ2) is 4.32. The highest BCUT2D eigenvalue weighted by Gasteiger charge is 2.76. The van der Waals surface area contributed by atoms with Crippen LogP contribution in [0.1, 0.15) is 23.1 Å². The van der Waals surface area contributed by atoms with Crippen molar-refractivity contribution in [2.75, 3.05) is 12.0 Å². The Balaban J connectivity index is 1.91. The molecule has 22 heavy (non-hydrogen) atoms. The molecule has 1 spiro atoms. The summed E-state index contributed by atoms with van der Waals surface area (Å²) < 4.78 is 14.1. The standard InChI is InChI=1S/C18H15ClFNO/c1-11-3-2-4-12(7-11)17(10-20)9-18(17)14-8-13(19)5-6-15(14)21-16(18)22/h2-8H,9-10H2,1H3,(H,21,22)/t17-,18-/m0/s1. The lowest BCUT2D eigenvalue weighted by molar-refractivity contribution is -0.118. The molecule has 1 saturated carbocycles. The van der Waals surface area contributed by atoms with E-state index >= 15 is 0 Å². The maximum atomic E-state index is 14.1. The number of carbonyl (C=O) groups excluding carboxylic acids is 1. The van der Waals surface area contributed by atoms with E-state index in [4.69, 9.17) is 11.6 Å². The van der Waals surface area contributed by atoms with Crippen LogP contribution in [0.2, 0.25) is 5.02 Å². The molecule has 2 nitrogen and oxygen atoms in total. The van der Waals surface area contributed by atoms with E-state index in [1.807, 2.05) is 31.2 Å². The first-order valence-electron chi connectivity index (χ1n) is 7.28. The van der Waals surface area contributed by atoms with Crippen LogP contribution in [-0.4, -0.2) is 12.6 Å². The van der Waals surface area contributed by atoms with E-state index in [0.717, 1.165) is 22.4 Å². The molecule has 2 aliphatic rings. The maximum Gasteiger partial charge on any atom is 0.236 e. The van der Waals surface area contributed by atoms with E-state index in [2.05, 4.69) is 5.32 Å². The molecule has 0 aromatic heterocycles. The minimum absolute atomic E-state index is 0.121. The molecule has 1 aliphatic heterocycles. The number of hydrogen-bond donors (Lipinski definition) is 1. The second-order valence-corrected chi connectivity index (χ2v) is 6.75. The number of nitrogens with one attached hydrogen (secondary N) is 1. The van der Waals surface area contributed by atoms with Crippen LogP contribution in [-0.2, 0) is 15.6 Å². The van der Waals surface area contributed by atoms with Gasteiger partial charge in [-0.1, -0.05) is 41.4 Å². The fourth-order valence-corrected chi connectivity index (χ4v) is 4.09. The Morgan fingerprint density at radius 1 is 1.27 bits per heavy atom. The van der Waals surface area contributed by atoms with Gasteiger partial charge in [0.15, 0.2) is 0 Å². The highest BCUT2D eigenvalue weighted by Crippen LogP contribution is 2.69. The lowest BCUT2D eigenvalue weighted by Crippen LogP contribution is -2.31. The molecule has 2 atom stereocenters. The van der Waals surface area contributed by atoms with Crippen molar-refractivity contribution in [3.05, 3.63) is 64.2 Å². The Morgan fingerprint density at radius 2 is 2.09 bits per heavy atom. The van der Waals surface area contributed by atoms with Gasteiger partial charge in [-0.3, -0.25) is 9.18 Å². The van der Waals surface area contributed by atoms with Crippen LogP contribution in [0.25, 0.3) is 0 Å². The number of alkyl halides is 1. The fourth-order valence-electron chi connectivity index (χ4n) is 3.92. The lowest BCUT2D eigenvalue weighted by atomic mass is 9.82. The molecule has 0 radical (unpaired) electrons. The number of carbonyl (C=O) groups is 1. The summed E-state index contributed by atoms with van der Waals surface area (Å²) in [6.07, 6.45) is 0.485. The van der Waals surface area contributed by atoms with Gasteiger partial charge in [0.1, 0.15) is 6.67 Å². The number of benzene rings is 2. The minimum Gasteiger partial charge on any atom is -0.325 e. The van der Waals surface area contributed by atoms with Crippen molar-refractivity contribution in [3.63, 3.8) is 0 Å². The topological polar surface area (TPSA) is 29.1 Å². The van der Waals surface area contributed by atoms with Gasteiger partial charge >= 0.3 is 0 Å². The number of anilines is 1. The van der Waals surface area contributed by atoms with E-state index in [1.165, 1.54) is 0 Å². The molecule has 0 unspecified atom stereocenters. The average molecular weight is 316 g/mol. The number of halogens is 2. The van der Waals surface area contributed by atoms with Gasteiger partial charge < -0.3 is 5.32 Å². The first-order valence-corrected chi connectivity index (χ1v) is 7.66. The first kappa shape index (κ1) is 13.8. The molecule has 2 aromatic rings. The van der Waals surface area contributed by atoms with Crippen molar-refractivity contribution in [2.24, 2.45) is 0 Å². The molecule has 0 saturated heterocycles. The quantitative estimate of drug-likeness (QED) is 0.886. The Bertz CT molecular complexity index is 805. The molecule has 4 heteroatoms. The Morgan fingerprint density at radius 3 is 2.82 bits per heavy atom. The van der Waals surface area contributed by atoms with Crippen molar-refractivity contribution in [2.45, 2.75) is 24.2 Å². The van der Waals surface area contributed by atoms with Crippen LogP contribution >= 0.6 is 11.6 Å². The highest BCUT2D eigenvalue weighted by molar-refractivity contribution is 6.31. The summed E-state index contributed by atoms with van der Waals surface area (Å²) in [5, 5.41) is 3.45. The zero-order valence-electron chi connectivity index (χ0n) is 12.1. The predicted octanol–water partition coefficient (Wildman–Crippen LogP) is 4.15. The van der Waals surface area contributed by atoms with E-state index in [9.17, 15) is 9.18 Å². The summed E-state index contributed by atoms with van der Waals surface area (Å²) in [5.74, 6) is -0.121. The summed E-state index contributed by atoms with van der Waals surface area (Å²) in [7, 11) is 0. The van der Waals surface area contributed by atoms with Crippen LogP contribution in [0.4, 0.5) is 10.1 Å². The van der Waals surface area contributed by atoms with Gasteiger partial charge in [0, 0.05) is 16.1 Å². The van der Waals surface area contributed by atoms with E-state index in [0.29, 0.717) is 11.4 Å². The van der Waals surface area contributed by atoms with E-state index in [-0.39, 0.29) is 5.91 Å². The van der Waals surface area contributed by atoms with Gasteiger partial charge in [-0.05, 0) is 42.7 Å². The van der Waals surface area contributed by atoms with Crippen molar-refractivity contribution in [3.8, 4) is 0 Å². The van der Waals surface area contributed by atoms with Crippen LogP contribution in [0.3, 0.4) is 0 Å². The molecular weight excluding hydrogens is 301 g/mol. The zero-order valence-corrected chi connectivity index (χ0v) is 12.9. The fraction of sp³-hybridized carbons (Fsp3) is 0.278. The number of hydrogen-bond acceptors (Lipinski definition) is 1. The number of aryl methyl sites for hydroxylation is 1. The Hall–Kier alpha value is -1.87. The highest BCUT2D eigenvalue weighted by atomic mass is 35.5. The molecule has 112 valence electrons. The third-order valence-electron chi connectivity index (χ3n) is 5.13. The molecule has 2 aromatic carbocycles. The second-order valence-electron chi connectivity index (χ2n) is 6.31. The number of fused-ring (bicyclic) bond motifs is 2. The molecule has 1 heterocycles. The van der Waals surface area contributed by atoms with E-state index in [1.54, 1.807) is 18.2 Å². The normalized spacial score (nSPS) is 28.6. The van der Waals surface area contributed by atoms with Crippen molar-refractivity contribution in [1.29, 1.82) is 0 Å². The summed E-state index contributed by atoms with van der Waals surface area (Å²) in [5.41, 5.74) is 1.92. The average Bonchev–Trinajstić information content (AvgIpc) is 3.13. The van der Waals surface area contributed by atoms with Crippen LogP contribution in [0.5, 0.6) is 0 Å². The van der Waals surface area contributed by atoms with E-state index < -0.39 is 17.5 Å².